The minimum Gasteiger partial charge on any atom is -0.497 e. The second kappa shape index (κ2) is 13.7. The fourth-order valence-corrected chi connectivity index (χ4v) is 5.05. The molecule has 0 heterocycles. The van der Waals surface area contributed by atoms with E-state index < -0.39 is 16.1 Å². The third kappa shape index (κ3) is 8.64. The van der Waals surface area contributed by atoms with Gasteiger partial charge in [-0.05, 0) is 69.0 Å². The highest BCUT2D eigenvalue weighted by Crippen LogP contribution is 2.28. The Bertz CT molecular complexity index is 1190. The van der Waals surface area contributed by atoms with Gasteiger partial charge in [0.2, 0.25) is 21.8 Å². The summed E-state index contributed by atoms with van der Waals surface area (Å²) in [6.45, 7) is 7.67. The standard InChI is InChI=1S/C27H38ClN3O5S/c1-7-19(2)29-27(33)21(4)30(18-22-11-8-12-23(17-22)36-5)26(32)15-10-16-31(37(6,34)35)25-14-9-13-24(28)20(25)3/h8-9,11-14,17,19,21H,7,10,15-16,18H2,1-6H3,(H,29,33)/t19-,21+/m1/s1. The summed E-state index contributed by atoms with van der Waals surface area (Å²) in [4.78, 5) is 27.9. The van der Waals surface area contributed by atoms with Gasteiger partial charge in [0.1, 0.15) is 11.8 Å². The van der Waals surface area contributed by atoms with Gasteiger partial charge in [0.25, 0.3) is 0 Å². The van der Waals surface area contributed by atoms with Crippen LogP contribution in [0, 0.1) is 6.92 Å². The highest BCUT2D eigenvalue weighted by molar-refractivity contribution is 7.92. The van der Waals surface area contributed by atoms with Crippen molar-refractivity contribution < 1.29 is 22.7 Å². The molecule has 0 saturated heterocycles. The van der Waals surface area contributed by atoms with Gasteiger partial charge < -0.3 is 15.0 Å². The molecule has 8 nitrogen and oxygen atoms in total. The molecule has 0 saturated carbocycles. The average Bonchev–Trinajstić information content (AvgIpc) is 2.85. The first-order chi connectivity index (χ1) is 17.4. The molecule has 0 fully saturated rings. The molecule has 0 aliphatic carbocycles. The molecule has 2 aromatic rings. The van der Waals surface area contributed by atoms with Gasteiger partial charge in [-0.2, -0.15) is 0 Å². The number of methoxy groups -OCH3 is 1. The van der Waals surface area contributed by atoms with Crippen LogP contribution in [0.1, 0.15) is 51.2 Å². The highest BCUT2D eigenvalue weighted by Gasteiger charge is 2.27. The molecule has 37 heavy (non-hydrogen) atoms. The average molecular weight is 552 g/mol. The Morgan fingerprint density at radius 3 is 2.43 bits per heavy atom. The number of nitrogens with zero attached hydrogens (tertiary/aromatic N) is 2. The molecule has 0 unspecified atom stereocenters. The lowest BCUT2D eigenvalue weighted by molar-refractivity contribution is -0.140. The van der Waals surface area contributed by atoms with E-state index in [9.17, 15) is 18.0 Å². The number of carbonyl (C=O) groups is 2. The molecule has 0 aliphatic heterocycles. The largest absolute Gasteiger partial charge is 0.497 e. The molecule has 2 aromatic carbocycles. The summed E-state index contributed by atoms with van der Waals surface area (Å²) in [5.41, 5.74) is 1.95. The number of nitrogens with one attached hydrogen (secondary N) is 1. The van der Waals surface area contributed by atoms with Gasteiger partial charge in [-0.1, -0.05) is 36.7 Å². The summed E-state index contributed by atoms with van der Waals surface area (Å²) in [6.07, 6.45) is 2.24. The summed E-state index contributed by atoms with van der Waals surface area (Å²) >= 11 is 6.21. The summed E-state index contributed by atoms with van der Waals surface area (Å²) in [7, 11) is -2.04. The molecule has 0 aliphatic rings. The number of ether oxygens (including phenoxy) is 1. The first kappa shape index (κ1) is 30.4. The number of amides is 2. The summed E-state index contributed by atoms with van der Waals surface area (Å²) in [5, 5.41) is 3.41. The van der Waals surface area contributed by atoms with E-state index in [-0.39, 0.29) is 43.8 Å². The molecule has 2 rings (SSSR count). The first-order valence-corrected chi connectivity index (χ1v) is 14.6. The molecule has 0 bridgehead atoms. The van der Waals surface area contributed by atoms with Crippen LogP contribution < -0.4 is 14.4 Å². The van der Waals surface area contributed by atoms with Gasteiger partial charge in [0.05, 0.1) is 19.1 Å². The molecule has 2 amide bonds. The number of benzene rings is 2. The van der Waals surface area contributed by atoms with Gasteiger partial charge in [-0.15, -0.1) is 0 Å². The molecule has 204 valence electrons. The van der Waals surface area contributed by atoms with Crippen LogP contribution in [-0.2, 0) is 26.2 Å². The predicted octanol–water partition coefficient (Wildman–Crippen LogP) is 4.54. The van der Waals surface area contributed by atoms with Crippen molar-refractivity contribution in [2.75, 3.05) is 24.2 Å². The zero-order chi connectivity index (χ0) is 27.8. The second-order valence-corrected chi connectivity index (χ2v) is 11.5. The summed E-state index contributed by atoms with van der Waals surface area (Å²) < 4.78 is 31.7. The van der Waals surface area contributed by atoms with Gasteiger partial charge in [-0.25, -0.2) is 8.42 Å². The number of rotatable bonds is 13. The monoisotopic (exact) mass is 551 g/mol. The van der Waals surface area contributed by atoms with E-state index in [2.05, 4.69) is 5.32 Å². The van der Waals surface area contributed by atoms with Crippen molar-refractivity contribution in [3.05, 3.63) is 58.6 Å². The zero-order valence-corrected chi connectivity index (χ0v) is 24.0. The van der Waals surface area contributed by atoms with Crippen LogP contribution in [0.2, 0.25) is 5.02 Å². The number of hydrogen-bond donors (Lipinski definition) is 1. The minimum atomic E-state index is -3.61. The topological polar surface area (TPSA) is 96.0 Å². The van der Waals surface area contributed by atoms with Crippen molar-refractivity contribution in [1.82, 2.24) is 10.2 Å². The number of hydrogen-bond acceptors (Lipinski definition) is 5. The lowest BCUT2D eigenvalue weighted by atomic mass is 10.1. The van der Waals surface area contributed by atoms with Gasteiger partial charge in [-0.3, -0.25) is 13.9 Å². The molecule has 0 aromatic heterocycles. The summed E-state index contributed by atoms with van der Waals surface area (Å²) in [5.74, 6) is 0.172. The van der Waals surface area contributed by atoms with Crippen molar-refractivity contribution in [3.8, 4) is 5.75 Å². The van der Waals surface area contributed by atoms with E-state index in [1.807, 2.05) is 38.1 Å². The molecule has 1 N–H and O–H groups in total. The minimum absolute atomic E-state index is 0.0204. The third-order valence-electron chi connectivity index (χ3n) is 6.32. The van der Waals surface area contributed by atoms with E-state index in [1.54, 1.807) is 39.2 Å². The number of carbonyl (C=O) groups excluding carboxylic acids is 2. The van der Waals surface area contributed by atoms with Crippen molar-refractivity contribution in [2.45, 2.75) is 65.6 Å². The Kier molecular flexibility index (Phi) is 11.3. The molecule has 0 radical (unpaired) electrons. The summed E-state index contributed by atoms with van der Waals surface area (Å²) in [6, 6.07) is 11.7. The zero-order valence-electron chi connectivity index (χ0n) is 22.5. The SMILES string of the molecule is CC[C@@H](C)NC(=O)[C@H](C)N(Cc1cccc(OC)c1)C(=O)CCCN(c1cccc(Cl)c1C)S(C)(=O)=O. The number of anilines is 1. The number of sulfonamides is 1. The van der Waals surface area contributed by atoms with Crippen molar-refractivity contribution in [3.63, 3.8) is 0 Å². The fourth-order valence-electron chi connectivity index (χ4n) is 3.86. The number of halogens is 1. The maximum Gasteiger partial charge on any atom is 0.242 e. The van der Waals surface area contributed by atoms with Crippen molar-refractivity contribution in [2.24, 2.45) is 0 Å². The van der Waals surface area contributed by atoms with Crippen molar-refractivity contribution >= 4 is 39.1 Å². The van der Waals surface area contributed by atoms with Crippen LogP contribution in [0.3, 0.4) is 0 Å². The molecule has 0 spiro atoms. The van der Waals surface area contributed by atoms with E-state index in [0.717, 1.165) is 18.2 Å². The van der Waals surface area contributed by atoms with E-state index in [1.165, 1.54) is 9.21 Å². The van der Waals surface area contributed by atoms with E-state index in [0.29, 0.717) is 22.0 Å². The van der Waals surface area contributed by atoms with Gasteiger partial charge in [0, 0.05) is 30.6 Å². The van der Waals surface area contributed by atoms with E-state index in [4.69, 9.17) is 16.3 Å². The maximum atomic E-state index is 13.4. The Hall–Kier alpha value is -2.78. The van der Waals surface area contributed by atoms with Gasteiger partial charge in [0.15, 0.2) is 0 Å². The van der Waals surface area contributed by atoms with Crippen LogP contribution in [0.15, 0.2) is 42.5 Å². The smallest absolute Gasteiger partial charge is 0.242 e. The van der Waals surface area contributed by atoms with Crippen LogP contribution in [-0.4, -0.2) is 57.1 Å². The lowest BCUT2D eigenvalue weighted by Crippen LogP contribution is -2.49. The quantitative estimate of drug-likeness (QED) is 0.394. The Labute approximate surface area is 226 Å². The fraction of sp³-hybridized carbons (Fsp3) is 0.481. The normalized spacial score (nSPS) is 12.9. The second-order valence-electron chi connectivity index (χ2n) is 9.19. The molecular formula is C27H38ClN3O5S. The Balaban J connectivity index is 2.23. The molecule has 2 atom stereocenters. The Morgan fingerprint density at radius 1 is 1.14 bits per heavy atom. The third-order valence-corrected chi connectivity index (χ3v) is 7.90. The van der Waals surface area contributed by atoms with Gasteiger partial charge >= 0.3 is 0 Å². The maximum absolute atomic E-state index is 13.4. The molecular weight excluding hydrogens is 514 g/mol. The van der Waals surface area contributed by atoms with Crippen LogP contribution in [0.25, 0.3) is 0 Å². The van der Waals surface area contributed by atoms with Crippen molar-refractivity contribution in [1.29, 1.82) is 0 Å². The predicted molar refractivity (Wildman–Crippen MR) is 149 cm³/mol. The van der Waals surface area contributed by atoms with E-state index >= 15 is 0 Å². The Morgan fingerprint density at radius 2 is 1.81 bits per heavy atom. The van der Waals surface area contributed by atoms with Crippen LogP contribution in [0.4, 0.5) is 5.69 Å². The lowest BCUT2D eigenvalue weighted by Gasteiger charge is -2.30. The van der Waals surface area contributed by atoms with Crippen LogP contribution in [0.5, 0.6) is 5.75 Å². The molecule has 10 heteroatoms. The highest BCUT2D eigenvalue weighted by atomic mass is 35.5. The first-order valence-electron chi connectivity index (χ1n) is 12.3. The van der Waals surface area contributed by atoms with Crippen LogP contribution >= 0.6 is 11.6 Å².